The topological polar surface area (TPSA) is 78.9 Å². The van der Waals surface area contributed by atoms with Crippen molar-refractivity contribution in [2.45, 2.75) is 245 Å². The average Bonchev–Trinajstić information content (AvgIpc) is 3.28. The summed E-state index contributed by atoms with van der Waals surface area (Å²) >= 11 is 0. The molecule has 0 rings (SSSR count). The van der Waals surface area contributed by atoms with Crippen molar-refractivity contribution in [3.05, 3.63) is 85.1 Å². The van der Waals surface area contributed by atoms with Crippen molar-refractivity contribution in [1.82, 2.24) is 0 Å². The van der Waals surface area contributed by atoms with Gasteiger partial charge in [-0.3, -0.25) is 14.4 Å². The van der Waals surface area contributed by atoms with E-state index in [-0.39, 0.29) is 37.5 Å². The third-order valence-corrected chi connectivity index (χ3v) is 10.9. The molecule has 0 spiro atoms. The van der Waals surface area contributed by atoms with Crippen molar-refractivity contribution in [3.8, 4) is 0 Å². The average molecular weight is 877 g/mol. The SMILES string of the molecule is CC/C=C\C/C=C\C/C=C\C/C=C\C/C=C\C/C=C\CCC(=O)OC[C@H](COC(=O)CCCCCCCCC/C=C\CCCCCC)OC(=O)CCCCCCCCCCCCC. The molecule has 0 saturated heterocycles. The molecule has 0 aliphatic rings. The zero-order chi connectivity index (χ0) is 45.8. The van der Waals surface area contributed by atoms with Crippen molar-refractivity contribution >= 4 is 17.9 Å². The Bertz CT molecular complexity index is 1240. The van der Waals surface area contributed by atoms with Crippen molar-refractivity contribution in [2.24, 2.45) is 0 Å². The number of carbonyl (C=O) groups excluding carboxylic acids is 3. The van der Waals surface area contributed by atoms with Crippen molar-refractivity contribution in [1.29, 1.82) is 0 Å². The maximum atomic E-state index is 12.8. The predicted octanol–water partition coefficient (Wildman–Crippen LogP) is 17.2. The molecule has 0 unspecified atom stereocenters. The van der Waals surface area contributed by atoms with Crippen LogP contribution in [-0.2, 0) is 28.6 Å². The fourth-order valence-corrected chi connectivity index (χ4v) is 6.99. The van der Waals surface area contributed by atoms with E-state index in [1.807, 2.05) is 6.08 Å². The molecule has 6 nitrogen and oxygen atoms in total. The lowest BCUT2D eigenvalue weighted by Crippen LogP contribution is -2.30. The van der Waals surface area contributed by atoms with Gasteiger partial charge in [0.2, 0.25) is 0 Å². The zero-order valence-corrected chi connectivity index (χ0v) is 41.1. The highest BCUT2D eigenvalue weighted by Crippen LogP contribution is 2.14. The summed E-state index contributed by atoms with van der Waals surface area (Å²) in [7, 11) is 0. The number of carbonyl (C=O) groups is 3. The van der Waals surface area contributed by atoms with Gasteiger partial charge in [-0.1, -0.05) is 221 Å². The zero-order valence-electron chi connectivity index (χ0n) is 41.1. The lowest BCUT2D eigenvalue weighted by molar-refractivity contribution is -0.166. The van der Waals surface area contributed by atoms with Crippen LogP contribution in [-0.4, -0.2) is 37.2 Å². The van der Waals surface area contributed by atoms with Crippen LogP contribution in [0.25, 0.3) is 0 Å². The molecule has 0 aromatic rings. The Kier molecular flexibility index (Phi) is 48.5. The Hall–Kier alpha value is -3.41. The number of rotatable bonds is 46. The van der Waals surface area contributed by atoms with Gasteiger partial charge in [-0.05, 0) is 83.5 Å². The number of ether oxygens (including phenoxy) is 3. The van der Waals surface area contributed by atoms with Gasteiger partial charge < -0.3 is 14.2 Å². The largest absolute Gasteiger partial charge is 0.462 e. The van der Waals surface area contributed by atoms with E-state index in [2.05, 4.69) is 99.8 Å². The number of unbranched alkanes of at least 4 members (excludes halogenated alkanes) is 21. The van der Waals surface area contributed by atoms with Crippen LogP contribution in [0, 0.1) is 0 Å². The van der Waals surface area contributed by atoms with Crippen molar-refractivity contribution in [3.63, 3.8) is 0 Å². The minimum atomic E-state index is -0.806. The Morgan fingerprint density at radius 2 is 0.651 bits per heavy atom. The molecule has 0 amide bonds. The van der Waals surface area contributed by atoms with E-state index in [0.717, 1.165) is 77.0 Å². The molecule has 0 aliphatic carbocycles. The van der Waals surface area contributed by atoms with E-state index in [1.165, 1.54) is 116 Å². The first-order valence-corrected chi connectivity index (χ1v) is 26.1. The molecule has 1 atom stereocenters. The smallest absolute Gasteiger partial charge is 0.306 e. The number of hydrogen-bond donors (Lipinski definition) is 0. The van der Waals surface area contributed by atoms with Crippen molar-refractivity contribution in [2.75, 3.05) is 13.2 Å². The highest BCUT2D eigenvalue weighted by atomic mass is 16.6. The Morgan fingerprint density at radius 1 is 0.333 bits per heavy atom. The van der Waals surface area contributed by atoms with Gasteiger partial charge in [-0.15, -0.1) is 0 Å². The lowest BCUT2D eigenvalue weighted by atomic mass is 10.1. The van der Waals surface area contributed by atoms with Gasteiger partial charge in [0.05, 0.1) is 0 Å². The number of esters is 3. The highest BCUT2D eigenvalue weighted by Gasteiger charge is 2.19. The summed E-state index contributed by atoms with van der Waals surface area (Å²) in [6.45, 7) is 6.43. The second-order valence-corrected chi connectivity index (χ2v) is 17.1. The lowest BCUT2D eigenvalue weighted by Gasteiger charge is -2.18. The molecule has 0 aliphatic heterocycles. The second-order valence-electron chi connectivity index (χ2n) is 17.1. The first-order valence-electron chi connectivity index (χ1n) is 26.1. The van der Waals surface area contributed by atoms with E-state index in [4.69, 9.17) is 14.2 Å². The normalized spacial score (nSPS) is 12.7. The molecule has 0 radical (unpaired) electrons. The van der Waals surface area contributed by atoms with Crippen molar-refractivity contribution < 1.29 is 28.6 Å². The first kappa shape index (κ1) is 59.6. The van der Waals surface area contributed by atoms with Gasteiger partial charge in [0.15, 0.2) is 6.10 Å². The molecule has 360 valence electrons. The van der Waals surface area contributed by atoms with Gasteiger partial charge in [0.25, 0.3) is 0 Å². The molecule has 0 aromatic heterocycles. The van der Waals surface area contributed by atoms with E-state index >= 15 is 0 Å². The molecule has 0 saturated carbocycles. The number of allylic oxidation sites excluding steroid dienone is 14. The summed E-state index contributed by atoms with van der Waals surface area (Å²) in [5.74, 6) is -0.993. The van der Waals surface area contributed by atoms with Crippen LogP contribution in [0.2, 0.25) is 0 Å². The maximum absolute atomic E-state index is 12.8. The first-order chi connectivity index (χ1) is 31.0. The second kappa shape index (κ2) is 51.2. The highest BCUT2D eigenvalue weighted by molar-refractivity contribution is 5.71. The Morgan fingerprint density at radius 3 is 1.08 bits per heavy atom. The Labute approximate surface area is 388 Å². The summed E-state index contributed by atoms with van der Waals surface area (Å²) in [6.07, 6.45) is 65.8. The van der Waals surface area contributed by atoms with Gasteiger partial charge in [-0.25, -0.2) is 0 Å². The molecule has 6 heteroatoms. The Balaban J connectivity index is 4.47. The number of hydrogen-bond acceptors (Lipinski definition) is 6. The van der Waals surface area contributed by atoms with Crippen LogP contribution < -0.4 is 0 Å². The van der Waals surface area contributed by atoms with Crippen LogP contribution in [0.1, 0.15) is 239 Å². The maximum Gasteiger partial charge on any atom is 0.306 e. The van der Waals surface area contributed by atoms with E-state index < -0.39 is 6.10 Å². The third-order valence-electron chi connectivity index (χ3n) is 10.9. The van der Waals surface area contributed by atoms with Gasteiger partial charge in [0, 0.05) is 19.3 Å². The van der Waals surface area contributed by atoms with E-state index in [1.54, 1.807) is 0 Å². The van der Waals surface area contributed by atoms with Gasteiger partial charge >= 0.3 is 17.9 Å². The minimum Gasteiger partial charge on any atom is -0.462 e. The molecule has 0 fully saturated rings. The third kappa shape index (κ3) is 49.5. The van der Waals surface area contributed by atoms with E-state index in [0.29, 0.717) is 19.3 Å². The summed E-state index contributed by atoms with van der Waals surface area (Å²) in [5.41, 5.74) is 0. The van der Waals surface area contributed by atoms with E-state index in [9.17, 15) is 14.4 Å². The standard InChI is InChI=1S/C57H96O6/c1-4-7-10-13-16-19-22-24-26-27-28-29-31-33-36-38-41-44-47-50-56(59)62-53-54(63-57(60)51-48-45-42-39-34-21-18-15-12-9-6-3)52-61-55(58)49-46-43-40-37-35-32-30-25-23-20-17-14-11-8-5-2/h7,10,16,19-20,23-24,26,28-29,33,36,41,44,54H,4-6,8-9,11-15,17-18,21-22,25,27,30-32,34-35,37-40,42-43,45-53H2,1-3H3/b10-7-,19-16-,23-20-,26-24-,29-28-,36-33-,44-41-/t54-/m0/s1. The summed E-state index contributed by atoms with van der Waals surface area (Å²) in [6, 6.07) is 0. The molecule has 0 aromatic carbocycles. The predicted molar refractivity (Wildman–Crippen MR) is 270 cm³/mol. The molecule has 0 bridgehead atoms. The molecule has 0 N–H and O–H groups in total. The summed E-state index contributed by atoms with van der Waals surface area (Å²) < 4.78 is 16.7. The summed E-state index contributed by atoms with van der Waals surface area (Å²) in [5, 5.41) is 0. The van der Waals surface area contributed by atoms with Crippen LogP contribution in [0.4, 0.5) is 0 Å². The monoisotopic (exact) mass is 877 g/mol. The molecular weight excluding hydrogens is 781 g/mol. The molecular formula is C57H96O6. The van der Waals surface area contributed by atoms with Gasteiger partial charge in [0.1, 0.15) is 13.2 Å². The van der Waals surface area contributed by atoms with Crippen LogP contribution in [0.15, 0.2) is 85.1 Å². The molecule has 0 heterocycles. The fraction of sp³-hybridized carbons (Fsp3) is 0.702. The minimum absolute atomic E-state index is 0.101. The summed E-state index contributed by atoms with van der Waals surface area (Å²) in [4.78, 5) is 37.9. The van der Waals surface area contributed by atoms with Gasteiger partial charge in [-0.2, -0.15) is 0 Å². The van der Waals surface area contributed by atoms with Crippen LogP contribution >= 0.6 is 0 Å². The quantitative estimate of drug-likeness (QED) is 0.0262. The van der Waals surface area contributed by atoms with Crippen LogP contribution in [0.5, 0.6) is 0 Å². The van der Waals surface area contributed by atoms with Crippen LogP contribution in [0.3, 0.4) is 0 Å². The fourth-order valence-electron chi connectivity index (χ4n) is 6.99. The molecule has 63 heavy (non-hydrogen) atoms.